The number of aromatic amines is 1. The smallest absolute Gasteiger partial charge is 0.272 e. The molecule has 0 radical (unpaired) electrons. The van der Waals surface area contributed by atoms with Gasteiger partial charge < -0.3 is 10.4 Å². The quantitative estimate of drug-likeness (QED) is 0.765. The van der Waals surface area contributed by atoms with E-state index in [0.29, 0.717) is 18.7 Å². The van der Waals surface area contributed by atoms with Gasteiger partial charge in [0.25, 0.3) is 5.91 Å². The maximum Gasteiger partial charge on any atom is 0.272 e. The fraction of sp³-hybridized carbons (Fsp3) is 0.444. The molecule has 0 saturated carbocycles. The molecule has 1 heterocycles. The predicted octanol–water partition coefficient (Wildman–Crippen LogP) is 2.18. The summed E-state index contributed by atoms with van der Waals surface area (Å²) in [5, 5.41) is 19.8. The minimum absolute atomic E-state index is 0.0899. The first-order valence-electron chi connectivity index (χ1n) is 8.22. The number of nitrogens with zero attached hydrogens (tertiary/aromatic N) is 1. The second kappa shape index (κ2) is 6.96. The number of fused-ring (bicyclic) bond motifs is 1. The number of hydrogen-bond donors (Lipinski definition) is 3. The van der Waals surface area contributed by atoms with E-state index in [9.17, 15) is 9.90 Å². The van der Waals surface area contributed by atoms with Crippen molar-refractivity contribution < 1.29 is 9.90 Å². The molecule has 2 atom stereocenters. The van der Waals surface area contributed by atoms with Crippen LogP contribution in [-0.4, -0.2) is 33.9 Å². The molecule has 2 aromatic rings. The molecule has 3 rings (SSSR count). The fourth-order valence-corrected chi connectivity index (χ4v) is 3.28. The molecule has 3 N–H and O–H groups in total. The Kier molecular flexibility index (Phi) is 4.76. The molecule has 2 unspecified atom stereocenters. The van der Waals surface area contributed by atoms with Crippen LogP contribution in [0.2, 0.25) is 0 Å². The van der Waals surface area contributed by atoms with E-state index in [4.69, 9.17) is 0 Å². The average Bonchev–Trinajstić information content (AvgIpc) is 3.14. The van der Waals surface area contributed by atoms with Gasteiger partial charge in [-0.25, -0.2) is 0 Å². The maximum atomic E-state index is 12.4. The zero-order valence-corrected chi connectivity index (χ0v) is 13.4. The largest absolute Gasteiger partial charge is 0.393 e. The molecule has 1 aliphatic rings. The normalized spacial score (nSPS) is 15.9. The highest BCUT2D eigenvalue weighted by molar-refractivity contribution is 5.94. The number of H-pyrrole nitrogens is 1. The van der Waals surface area contributed by atoms with Gasteiger partial charge in [-0.15, -0.1) is 0 Å². The zero-order chi connectivity index (χ0) is 16.2. The highest BCUT2D eigenvalue weighted by Crippen LogP contribution is 2.23. The van der Waals surface area contributed by atoms with Gasteiger partial charge in [-0.3, -0.25) is 9.89 Å². The van der Waals surface area contributed by atoms with Gasteiger partial charge in [0.15, 0.2) is 5.69 Å². The van der Waals surface area contributed by atoms with Crippen molar-refractivity contribution in [3.8, 4) is 0 Å². The molecule has 5 nitrogen and oxygen atoms in total. The highest BCUT2D eigenvalue weighted by atomic mass is 16.3. The number of carbonyl (C=O) groups excluding carboxylic acids is 1. The van der Waals surface area contributed by atoms with Gasteiger partial charge in [0.2, 0.25) is 0 Å². The van der Waals surface area contributed by atoms with Crippen molar-refractivity contribution in [1.82, 2.24) is 15.5 Å². The van der Waals surface area contributed by atoms with Crippen molar-refractivity contribution in [2.24, 2.45) is 0 Å². The van der Waals surface area contributed by atoms with Crippen molar-refractivity contribution in [2.75, 3.05) is 6.54 Å². The van der Waals surface area contributed by atoms with Crippen LogP contribution in [-0.2, 0) is 12.8 Å². The molecule has 1 amide bonds. The molecular formula is C18H23N3O2. The van der Waals surface area contributed by atoms with Gasteiger partial charge >= 0.3 is 0 Å². The van der Waals surface area contributed by atoms with E-state index >= 15 is 0 Å². The van der Waals surface area contributed by atoms with Gasteiger partial charge in [0.1, 0.15) is 0 Å². The van der Waals surface area contributed by atoms with Gasteiger partial charge in [0.05, 0.1) is 6.10 Å². The Balaban J connectivity index is 1.67. The van der Waals surface area contributed by atoms with Crippen molar-refractivity contribution in [1.29, 1.82) is 0 Å². The number of amides is 1. The van der Waals surface area contributed by atoms with E-state index in [1.54, 1.807) is 6.92 Å². The lowest BCUT2D eigenvalue weighted by atomic mass is 9.93. The van der Waals surface area contributed by atoms with Crippen LogP contribution in [0.1, 0.15) is 53.0 Å². The van der Waals surface area contributed by atoms with Crippen LogP contribution >= 0.6 is 0 Å². The molecule has 0 fully saturated rings. The van der Waals surface area contributed by atoms with Crippen LogP contribution < -0.4 is 5.32 Å². The number of nitrogens with one attached hydrogen (secondary N) is 2. The second-order valence-electron chi connectivity index (χ2n) is 6.29. The van der Waals surface area contributed by atoms with E-state index in [0.717, 1.165) is 36.1 Å². The number of rotatable bonds is 6. The summed E-state index contributed by atoms with van der Waals surface area (Å²) in [4.78, 5) is 12.4. The summed E-state index contributed by atoms with van der Waals surface area (Å²) in [6, 6.07) is 9.99. The number of carbonyl (C=O) groups is 1. The van der Waals surface area contributed by atoms with E-state index in [1.165, 1.54) is 0 Å². The van der Waals surface area contributed by atoms with E-state index < -0.39 is 6.10 Å². The monoisotopic (exact) mass is 313 g/mol. The molecule has 0 saturated heterocycles. The lowest BCUT2D eigenvalue weighted by Gasteiger charge is -2.19. The summed E-state index contributed by atoms with van der Waals surface area (Å²) in [6.07, 6.45) is 3.18. The summed E-state index contributed by atoms with van der Waals surface area (Å²) < 4.78 is 0. The lowest BCUT2D eigenvalue weighted by Crippen LogP contribution is -2.30. The summed E-state index contributed by atoms with van der Waals surface area (Å²) in [5.41, 5.74) is 3.82. The molecule has 0 spiro atoms. The summed E-state index contributed by atoms with van der Waals surface area (Å²) in [6.45, 7) is 2.27. The fourth-order valence-electron chi connectivity index (χ4n) is 3.28. The molecule has 122 valence electrons. The zero-order valence-electron chi connectivity index (χ0n) is 13.4. The molecule has 1 aromatic carbocycles. The van der Waals surface area contributed by atoms with Crippen molar-refractivity contribution in [3.05, 3.63) is 52.8 Å². The Hall–Kier alpha value is -2.14. The van der Waals surface area contributed by atoms with E-state index in [1.807, 2.05) is 30.3 Å². The summed E-state index contributed by atoms with van der Waals surface area (Å²) in [5.74, 6) is -0.0388. The summed E-state index contributed by atoms with van der Waals surface area (Å²) in [7, 11) is 0. The molecule has 23 heavy (non-hydrogen) atoms. The Morgan fingerprint density at radius 2 is 2.13 bits per heavy atom. The number of aromatic nitrogens is 2. The maximum absolute atomic E-state index is 12.4. The minimum atomic E-state index is -0.410. The van der Waals surface area contributed by atoms with Gasteiger partial charge in [-0.05, 0) is 38.2 Å². The van der Waals surface area contributed by atoms with Crippen LogP contribution in [0, 0.1) is 0 Å². The van der Waals surface area contributed by atoms with Crippen molar-refractivity contribution in [3.63, 3.8) is 0 Å². The Morgan fingerprint density at radius 1 is 1.35 bits per heavy atom. The second-order valence-corrected chi connectivity index (χ2v) is 6.29. The van der Waals surface area contributed by atoms with E-state index in [-0.39, 0.29) is 11.8 Å². The molecule has 0 aliphatic heterocycles. The number of aliphatic hydroxyl groups is 1. The van der Waals surface area contributed by atoms with Gasteiger partial charge in [-0.2, -0.15) is 5.10 Å². The molecular weight excluding hydrogens is 290 g/mol. The first-order valence-corrected chi connectivity index (χ1v) is 8.22. The first kappa shape index (κ1) is 15.7. The molecule has 1 aliphatic carbocycles. The number of hydrogen-bond acceptors (Lipinski definition) is 3. The Morgan fingerprint density at radius 3 is 2.87 bits per heavy atom. The van der Waals surface area contributed by atoms with Crippen LogP contribution in [0.15, 0.2) is 30.3 Å². The van der Waals surface area contributed by atoms with Crippen LogP contribution in [0.25, 0.3) is 0 Å². The first-order chi connectivity index (χ1) is 11.1. The minimum Gasteiger partial charge on any atom is -0.393 e. The SMILES string of the molecule is CC(O)CC(CNC(=O)c1n[nH]c2c1CCC2)c1ccccc1. The summed E-state index contributed by atoms with van der Waals surface area (Å²) >= 11 is 0. The van der Waals surface area contributed by atoms with Crippen LogP contribution in [0.3, 0.4) is 0 Å². The standard InChI is InChI=1S/C18H23N3O2/c1-12(22)10-14(13-6-3-2-4-7-13)11-19-18(23)17-15-8-5-9-16(15)20-21-17/h2-4,6-7,12,14,22H,5,8-11H2,1H3,(H,19,23)(H,20,21). The molecule has 5 heteroatoms. The lowest BCUT2D eigenvalue weighted by molar-refractivity contribution is 0.0939. The number of benzene rings is 1. The predicted molar refractivity (Wildman–Crippen MR) is 88.4 cm³/mol. The van der Waals surface area contributed by atoms with Crippen LogP contribution in [0.5, 0.6) is 0 Å². The molecule has 1 aromatic heterocycles. The number of aryl methyl sites for hydroxylation is 1. The third-order valence-corrected chi connectivity index (χ3v) is 4.43. The molecule has 0 bridgehead atoms. The third-order valence-electron chi connectivity index (χ3n) is 4.43. The van der Waals surface area contributed by atoms with Crippen molar-refractivity contribution >= 4 is 5.91 Å². The topological polar surface area (TPSA) is 78.0 Å². The van der Waals surface area contributed by atoms with E-state index in [2.05, 4.69) is 15.5 Å². The Labute approximate surface area is 136 Å². The third kappa shape index (κ3) is 3.62. The van der Waals surface area contributed by atoms with Gasteiger partial charge in [0, 0.05) is 23.7 Å². The highest BCUT2D eigenvalue weighted by Gasteiger charge is 2.24. The van der Waals surface area contributed by atoms with Crippen molar-refractivity contribution in [2.45, 2.75) is 44.6 Å². The average molecular weight is 313 g/mol. The van der Waals surface area contributed by atoms with Gasteiger partial charge in [-0.1, -0.05) is 30.3 Å². The Bertz CT molecular complexity index is 664. The van der Waals surface area contributed by atoms with Crippen LogP contribution in [0.4, 0.5) is 0 Å². The number of aliphatic hydroxyl groups excluding tert-OH is 1.